The van der Waals surface area contributed by atoms with Gasteiger partial charge in [-0.15, -0.1) is 0 Å². The fourth-order valence-corrected chi connectivity index (χ4v) is 4.69. The number of benzene rings is 1. The largest absolute Gasteiger partial charge is 0.336 e. The van der Waals surface area contributed by atoms with Gasteiger partial charge >= 0.3 is 0 Å². The van der Waals surface area contributed by atoms with Gasteiger partial charge in [-0.2, -0.15) is 11.8 Å². The molecule has 0 saturated heterocycles. The van der Waals surface area contributed by atoms with Gasteiger partial charge in [0.1, 0.15) is 0 Å². The number of unbranched alkanes of at least 4 members (excludes halogenated alkanes) is 5. The number of hydrogen-bond donors (Lipinski definition) is 0. The summed E-state index contributed by atoms with van der Waals surface area (Å²) in [4.78, 5) is 4.17. The number of imidazole rings is 1. The van der Waals surface area contributed by atoms with Crippen LogP contribution in [0.4, 0.5) is 0 Å². The summed E-state index contributed by atoms with van der Waals surface area (Å²) < 4.78 is 2.18. The van der Waals surface area contributed by atoms with Gasteiger partial charge in [0.15, 0.2) is 0 Å². The maximum absolute atomic E-state index is 6.32. The Morgan fingerprint density at radius 2 is 1.92 bits per heavy atom. The Bertz CT molecular complexity index is 602. The molecule has 25 heavy (non-hydrogen) atoms. The third-order valence-electron chi connectivity index (χ3n) is 4.34. The van der Waals surface area contributed by atoms with Crippen molar-refractivity contribution >= 4 is 35.0 Å². The van der Waals surface area contributed by atoms with E-state index < -0.39 is 0 Å². The molecule has 0 fully saturated rings. The fraction of sp³-hybridized carbons (Fsp3) is 0.550. The van der Waals surface area contributed by atoms with Crippen LogP contribution in [0, 0.1) is 0 Å². The summed E-state index contributed by atoms with van der Waals surface area (Å²) in [5.41, 5.74) is 1.16. The molecule has 2 aromatic rings. The minimum atomic E-state index is 0.576. The standard InChI is InChI=1S/C20H28Cl2N2S/c1-2-3-4-5-6-7-8-19(14-24-12-11-23-16-24)25-15-17-9-10-18(21)13-20(17)22/h9-13,16,19H,2-8,14-15H2,1H3. The Morgan fingerprint density at radius 1 is 1.12 bits per heavy atom. The normalized spacial score (nSPS) is 12.4. The predicted octanol–water partition coefficient (Wildman–Crippen LogP) is 7.24. The van der Waals surface area contributed by atoms with Crippen LogP contribution < -0.4 is 0 Å². The van der Waals surface area contributed by atoms with E-state index in [1.54, 1.807) is 0 Å². The molecule has 1 heterocycles. The average Bonchev–Trinajstić information content (AvgIpc) is 3.09. The van der Waals surface area contributed by atoms with Crippen LogP contribution in [0.15, 0.2) is 36.9 Å². The molecular weight excluding hydrogens is 371 g/mol. The van der Waals surface area contributed by atoms with E-state index >= 15 is 0 Å². The molecule has 0 radical (unpaired) electrons. The molecular formula is C20H28Cl2N2S. The zero-order valence-corrected chi connectivity index (χ0v) is 17.3. The van der Waals surface area contributed by atoms with Crippen molar-refractivity contribution in [1.29, 1.82) is 0 Å². The number of nitrogens with zero attached hydrogens (tertiary/aromatic N) is 2. The van der Waals surface area contributed by atoms with Crippen LogP contribution in [0.25, 0.3) is 0 Å². The van der Waals surface area contributed by atoms with E-state index in [-0.39, 0.29) is 0 Å². The van der Waals surface area contributed by atoms with E-state index in [2.05, 4.69) is 16.5 Å². The Hall–Kier alpha value is -0.640. The quantitative estimate of drug-likeness (QED) is 0.350. The van der Waals surface area contributed by atoms with Crippen molar-refractivity contribution in [2.75, 3.05) is 0 Å². The molecule has 138 valence electrons. The molecule has 1 atom stereocenters. The highest BCUT2D eigenvalue weighted by Crippen LogP contribution is 2.29. The number of thioether (sulfide) groups is 1. The van der Waals surface area contributed by atoms with E-state index in [1.165, 1.54) is 44.9 Å². The van der Waals surface area contributed by atoms with E-state index in [9.17, 15) is 0 Å². The van der Waals surface area contributed by atoms with Crippen LogP contribution in [0.3, 0.4) is 0 Å². The monoisotopic (exact) mass is 398 g/mol. The minimum Gasteiger partial charge on any atom is -0.336 e. The lowest BCUT2D eigenvalue weighted by molar-refractivity contribution is 0.552. The first kappa shape index (κ1) is 20.7. The smallest absolute Gasteiger partial charge is 0.0946 e. The Morgan fingerprint density at radius 3 is 2.64 bits per heavy atom. The maximum atomic E-state index is 6.32. The number of halogens is 2. The summed E-state index contributed by atoms with van der Waals surface area (Å²) in [6.45, 7) is 3.27. The predicted molar refractivity (Wildman–Crippen MR) is 112 cm³/mol. The lowest BCUT2D eigenvalue weighted by Crippen LogP contribution is -2.12. The Labute approximate surface area is 166 Å². The summed E-state index contributed by atoms with van der Waals surface area (Å²) in [6.07, 6.45) is 15.1. The molecule has 0 aliphatic carbocycles. The second-order valence-electron chi connectivity index (χ2n) is 6.48. The molecule has 2 rings (SSSR count). The van der Waals surface area contributed by atoms with Gasteiger partial charge in [-0.1, -0.05) is 74.7 Å². The summed E-state index contributed by atoms with van der Waals surface area (Å²) in [6, 6.07) is 5.79. The molecule has 1 aromatic carbocycles. The van der Waals surface area contributed by atoms with Gasteiger partial charge in [0.2, 0.25) is 0 Å². The van der Waals surface area contributed by atoms with Crippen LogP contribution in [-0.2, 0) is 12.3 Å². The van der Waals surface area contributed by atoms with Gasteiger partial charge in [0.05, 0.1) is 6.33 Å². The van der Waals surface area contributed by atoms with Crippen molar-refractivity contribution < 1.29 is 0 Å². The zero-order valence-electron chi connectivity index (χ0n) is 15.0. The highest BCUT2D eigenvalue weighted by Gasteiger charge is 2.12. The molecule has 0 N–H and O–H groups in total. The molecule has 2 nitrogen and oxygen atoms in total. The van der Waals surface area contributed by atoms with E-state index in [4.69, 9.17) is 23.2 Å². The molecule has 0 aliphatic rings. The minimum absolute atomic E-state index is 0.576. The molecule has 1 unspecified atom stereocenters. The zero-order chi connectivity index (χ0) is 17.9. The first-order chi connectivity index (χ1) is 12.2. The van der Waals surface area contributed by atoms with E-state index in [0.717, 1.165) is 22.9 Å². The lowest BCUT2D eigenvalue weighted by Gasteiger charge is -2.18. The number of aromatic nitrogens is 2. The second kappa shape index (κ2) is 11.9. The van der Waals surface area contributed by atoms with Crippen molar-refractivity contribution in [3.05, 3.63) is 52.5 Å². The van der Waals surface area contributed by atoms with Crippen LogP contribution in [0.5, 0.6) is 0 Å². The van der Waals surface area contributed by atoms with Gasteiger partial charge in [0, 0.05) is 40.0 Å². The van der Waals surface area contributed by atoms with Crippen molar-refractivity contribution in [2.24, 2.45) is 0 Å². The average molecular weight is 399 g/mol. The topological polar surface area (TPSA) is 17.8 Å². The molecule has 5 heteroatoms. The van der Waals surface area contributed by atoms with Gasteiger partial charge in [-0.05, 0) is 24.1 Å². The van der Waals surface area contributed by atoms with Crippen LogP contribution in [0.1, 0.15) is 57.4 Å². The number of hydrogen-bond acceptors (Lipinski definition) is 2. The third kappa shape index (κ3) is 8.06. The lowest BCUT2D eigenvalue weighted by atomic mass is 10.1. The van der Waals surface area contributed by atoms with Crippen molar-refractivity contribution in [3.8, 4) is 0 Å². The first-order valence-corrected chi connectivity index (χ1v) is 11.0. The Kier molecular flexibility index (Phi) is 9.82. The first-order valence-electron chi connectivity index (χ1n) is 9.20. The van der Waals surface area contributed by atoms with Crippen LogP contribution >= 0.6 is 35.0 Å². The van der Waals surface area contributed by atoms with Crippen molar-refractivity contribution in [3.63, 3.8) is 0 Å². The van der Waals surface area contributed by atoms with Crippen molar-refractivity contribution in [2.45, 2.75) is 69.4 Å². The summed E-state index contributed by atoms with van der Waals surface area (Å²) in [5.74, 6) is 0.922. The second-order valence-corrected chi connectivity index (χ2v) is 8.62. The van der Waals surface area contributed by atoms with Gasteiger partial charge in [0.25, 0.3) is 0 Å². The van der Waals surface area contributed by atoms with Crippen LogP contribution in [0.2, 0.25) is 10.0 Å². The van der Waals surface area contributed by atoms with Gasteiger partial charge < -0.3 is 4.57 Å². The molecule has 0 amide bonds. The summed E-state index contributed by atoms with van der Waals surface area (Å²) in [7, 11) is 0. The fourth-order valence-electron chi connectivity index (χ4n) is 2.86. The SMILES string of the molecule is CCCCCCCCC(Cn1ccnc1)SCc1ccc(Cl)cc1Cl. The molecule has 0 spiro atoms. The van der Waals surface area contributed by atoms with Gasteiger partial charge in [-0.25, -0.2) is 4.98 Å². The highest BCUT2D eigenvalue weighted by atomic mass is 35.5. The van der Waals surface area contributed by atoms with E-state index in [0.29, 0.717) is 10.3 Å². The molecule has 0 saturated carbocycles. The van der Waals surface area contributed by atoms with Crippen molar-refractivity contribution in [1.82, 2.24) is 9.55 Å². The molecule has 0 bridgehead atoms. The van der Waals surface area contributed by atoms with Crippen LogP contribution in [-0.4, -0.2) is 14.8 Å². The number of rotatable bonds is 12. The maximum Gasteiger partial charge on any atom is 0.0946 e. The highest BCUT2D eigenvalue weighted by molar-refractivity contribution is 7.99. The molecule has 0 aliphatic heterocycles. The summed E-state index contributed by atoms with van der Waals surface area (Å²) in [5, 5.41) is 2.04. The summed E-state index contributed by atoms with van der Waals surface area (Å²) >= 11 is 14.3. The van der Waals surface area contributed by atoms with E-state index in [1.807, 2.05) is 48.7 Å². The molecule has 1 aromatic heterocycles. The third-order valence-corrected chi connectivity index (χ3v) is 6.26. The van der Waals surface area contributed by atoms with Gasteiger partial charge in [-0.3, -0.25) is 0 Å². The Balaban J connectivity index is 1.83.